The molecule has 1 unspecified atom stereocenters. The van der Waals surface area contributed by atoms with Crippen molar-refractivity contribution in [1.29, 1.82) is 0 Å². The summed E-state index contributed by atoms with van der Waals surface area (Å²) in [5.74, 6) is 1.38. The van der Waals surface area contributed by atoms with Gasteiger partial charge in [0.2, 0.25) is 0 Å². The van der Waals surface area contributed by atoms with E-state index >= 15 is 0 Å². The molecular weight excluding hydrogens is 255 g/mol. The number of carbonyl (C=O) groups is 1. The van der Waals surface area contributed by atoms with Gasteiger partial charge in [0.15, 0.2) is 17.3 Å². The van der Waals surface area contributed by atoms with Gasteiger partial charge in [-0.05, 0) is 17.7 Å². The van der Waals surface area contributed by atoms with Crippen LogP contribution in [0.4, 0.5) is 4.39 Å². The van der Waals surface area contributed by atoms with Crippen LogP contribution in [0.15, 0.2) is 18.2 Å². The van der Waals surface area contributed by atoms with Crippen LogP contribution in [0.2, 0.25) is 0 Å². The summed E-state index contributed by atoms with van der Waals surface area (Å²) in [6.45, 7) is 0.609. The van der Waals surface area contributed by atoms with Crippen LogP contribution >= 0.6 is 11.8 Å². The first kappa shape index (κ1) is 13.4. The lowest BCUT2D eigenvalue weighted by molar-refractivity contribution is -0.128. The van der Waals surface area contributed by atoms with Crippen molar-refractivity contribution in [1.82, 2.24) is 0 Å². The van der Waals surface area contributed by atoms with Crippen molar-refractivity contribution < 1.29 is 18.7 Å². The smallest absolute Gasteiger partial charge is 0.166 e. The number of ether oxygens (including phenoxy) is 2. The van der Waals surface area contributed by atoms with Crippen LogP contribution in [0.25, 0.3) is 0 Å². The number of benzene rings is 1. The Kier molecular flexibility index (Phi) is 4.60. The van der Waals surface area contributed by atoms with Crippen LogP contribution in [0.5, 0.6) is 5.75 Å². The number of Topliss-reactive ketones (excluding diaryl/α,β-unsaturated/α-hetero) is 1. The highest BCUT2D eigenvalue weighted by atomic mass is 32.2. The third kappa shape index (κ3) is 3.23. The minimum Gasteiger partial charge on any atom is -0.494 e. The second-order valence-corrected chi connectivity index (χ2v) is 5.20. The molecule has 1 heterocycles. The molecule has 1 aromatic carbocycles. The number of thioether (sulfide) groups is 1. The number of ketones is 1. The van der Waals surface area contributed by atoms with E-state index in [1.807, 2.05) is 0 Å². The van der Waals surface area contributed by atoms with Gasteiger partial charge < -0.3 is 9.47 Å². The molecular formula is C13H15FO3S. The van der Waals surface area contributed by atoms with E-state index in [1.54, 1.807) is 17.8 Å². The first-order valence-corrected chi connectivity index (χ1v) is 6.90. The Hall–Kier alpha value is -1.07. The van der Waals surface area contributed by atoms with Gasteiger partial charge >= 0.3 is 0 Å². The maximum absolute atomic E-state index is 13.5. The lowest BCUT2D eigenvalue weighted by Gasteiger charge is -2.21. The maximum Gasteiger partial charge on any atom is 0.166 e. The summed E-state index contributed by atoms with van der Waals surface area (Å²) in [6.07, 6.45) is -0.152. The molecule has 0 bridgehead atoms. The zero-order valence-electron chi connectivity index (χ0n) is 10.1. The highest BCUT2D eigenvalue weighted by Crippen LogP contribution is 2.20. The molecule has 1 aliphatic heterocycles. The van der Waals surface area contributed by atoms with Gasteiger partial charge in [-0.15, -0.1) is 0 Å². The van der Waals surface area contributed by atoms with Gasteiger partial charge in [0.1, 0.15) is 6.10 Å². The minimum atomic E-state index is -0.443. The Morgan fingerprint density at radius 3 is 3.06 bits per heavy atom. The van der Waals surface area contributed by atoms with Gasteiger partial charge in [0.05, 0.1) is 13.7 Å². The molecule has 0 radical (unpaired) electrons. The van der Waals surface area contributed by atoms with E-state index in [1.165, 1.54) is 19.2 Å². The zero-order chi connectivity index (χ0) is 13.0. The van der Waals surface area contributed by atoms with Gasteiger partial charge in [-0.25, -0.2) is 4.39 Å². The molecule has 1 aromatic rings. The molecule has 98 valence electrons. The molecule has 0 aromatic heterocycles. The Labute approximate surface area is 110 Å². The molecule has 18 heavy (non-hydrogen) atoms. The second kappa shape index (κ2) is 6.20. The predicted octanol–water partition coefficient (Wildman–Crippen LogP) is 2.08. The number of halogens is 1. The Morgan fingerprint density at radius 2 is 2.44 bits per heavy atom. The van der Waals surface area contributed by atoms with Crippen molar-refractivity contribution in [3.8, 4) is 5.75 Å². The Morgan fingerprint density at radius 1 is 1.61 bits per heavy atom. The van der Waals surface area contributed by atoms with Crippen molar-refractivity contribution >= 4 is 17.5 Å². The molecule has 0 amide bonds. The van der Waals surface area contributed by atoms with Gasteiger partial charge in [-0.1, -0.05) is 6.07 Å². The van der Waals surface area contributed by atoms with Crippen LogP contribution in [0.1, 0.15) is 5.56 Å². The highest BCUT2D eigenvalue weighted by molar-refractivity contribution is 7.99. The molecule has 1 atom stereocenters. The van der Waals surface area contributed by atoms with E-state index < -0.39 is 5.82 Å². The average Bonchev–Trinajstić information content (AvgIpc) is 2.40. The van der Waals surface area contributed by atoms with E-state index in [0.29, 0.717) is 17.9 Å². The Balaban J connectivity index is 2.00. The van der Waals surface area contributed by atoms with Crippen molar-refractivity contribution in [3.05, 3.63) is 29.6 Å². The molecule has 1 fully saturated rings. The topological polar surface area (TPSA) is 35.5 Å². The molecule has 3 nitrogen and oxygen atoms in total. The number of hydrogen-bond donors (Lipinski definition) is 0. The fraction of sp³-hybridized carbons (Fsp3) is 0.462. The molecule has 2 rings (SSSR count). The fourth-order valence-electron chi connectivity index (χ4n) is 1.81. The average molecular weight is 270 g/mol. The van der Waals surface area contributed by atoms with Gasteiger partial charge in [-0.2, -0.15) is 11.8 Å². The Bertz CT molecular complexity index is 430. The zero-order valence-corrected chi connectivity index (χ0v) is 11.0. The van der Waals surface area contributed by atoms with Crippen molar-refractivity contribution in [2.75, 3.05) is 25.2 Å². The monoisotopic (exact) mass is 270 g/mol. The van der Waals surface area contributed by atoms with Crippen LogP contribution in [0.3, 0.4) is 0 Å². The quantitative estimate of drug-likeness (QED) is 0.839. The van der Waals surface area contributed by atoms with Gasteiger partial charge in [0, 0.05) is 17.9 Å². The van der Waals surface area contributed by atoms with Gasteiger partial charge in [0.25, 0.3) is 0 Å². The predicted molar refractivity (Wildman–Crippen MR) is 68.7 cm³/mol. The summed E-state index contributed by atoms with van der Waals surface area (Å²) in [4.78, 5) is 11.9. The fourth-order valence-corrected chi connectivity index (χ4v) is 2.69. The van der Waals surface area contributed by atoms with E-state index in [0.717, 1.165) is 5.75 Å². The van der Waals surface area contributed by atoms with E-state index in [9.17, 15) is 9.18 Å². The third-order valence-electron chi connectivity index (χ3n) is 2.77. The van der Waals surface area contributed by atoms with E-state index in [2.05, 4.69) is 0 Å². The first-order valence-electron chi connectivity index (χ1n) is 5.75. The summed E-state index contributed by atoms with van der Waals surface area (Å²) in [6, 6.07) is 4.58. The molecule has 0 N–H and O–H groups in total. The molecule has 1 aliphatic rings. The largest absolute Gasteiger partial charge is 0.494 e. The summed E-state index contributed by atoms with van der Waals surface area (Å²) >= 11 is 1.71. The lowest BCUT2D eigenvalue weighted by atomic mass is 10.1. The third-order valence-corrected chi connectivity index (χ3v) is 3.76. The van der Waals surface area contributed by atoms with Crippen molar-refractivity contribution in [2.24, 2.45) is 0 Å². The van der Waals surface area contributed by atoms with Crippen LogP contribution < -0.4 is 4.74 Å². The normalized spacial score (nSPS) is 19.6. The molecule has 0 spiro atoms. The van der Waals surface area contributed by atoms with Crippen molar-refractivity contribution in [2.45, 2.75) is 12.5 Å². The number of methoxy groups -OCH3 is 1. The molecule has 0 aliphatic carbocycles. The first-order chi connectivity index (χ1) is 8.70. The maximum atomic E-state index is 13.5. The number of carbonyl (C=O) groups excluding carboxylic acids is 1. The molecule has 5 heteroatoms. The van der Waals surface area contributed by atoms with E-state index in [-0.39, 0.29) is 24.1 Å². The summed E-state index contributed by atoms with van der Waals surface area (Å²) in [5, 5.41) is 0. The minimum absolute atomic E-state index is 0.00627. The lowest BCUT2D eigenvalue weighted by Crippen LogP contribution is -2.32. The number of rotatable bonds is 4. The van der Waals surface area contributed by atoms with Gasteiger partial charge in [-0.3, -0.25) is 4.79 Å². The SMILES string of the molecule is COc1ccc(CC(=O)C2CSCCO2)cc1F. The summed E-state index contributed by atoms with van der Waals surface area (Å²) < 4.78 is 23.7. The molecule has 0 saturated carbocycles. The molecule has 1 saturated heterocycles. The summed E-state index contributed by atoms with van der Waals surface area (Å²) in [7, 11) is 1.41. The summed E-state index contributed by atoms with van der Waals surface area (Å²) in [5.41, 5.74) is 0.650. The number of hydrogen-bond acceptors (Lipinski definition) is 4. The second-order valence-electron chi connectivity index (χ2n) is 4.05. The van der Waals surface area contributed by atoms with Crippen LogP contribution in [0, 0.1) is 5.82 Å². The van der Waals surface area contributed by atoms with Crippen LogP contribution in [-0.4, -0.2) is 37.1 Å². The van der Waals surface area contributed by atoms with Crippen LogP contribution in [-0.2, 0) is 16.0 Å². The standard InChI is InChI=1S/C13H15FO3S/c1-16-12-3-2-9(6-10(12)14)7-11(15)13-8-18-5-4-17-13/h2-3,6,13H,4-5,7-8H2,1H3. The van der Waals surface area contributed by atoms with Crippen molar-refractivity contribution in [3.63, 3.8) is 0 Å². The highest BCUT2D eigenvalue weighted by Gasteiger charge is 2.22. The van der Waals surface area contributed by atoms with E-state index in [4.69, 9.17) is 9.47 Å².